The molecule has 0 saturated carbocycles. The van der Waals surface area contributed by atoms with Gasteiger partial charge in [0.05, 0.1) is 19.0 Å². The number of pyridine rings is 1. The number of aromatic nitrogens is 1. The first kappa shape index (κ1) is 14.1. The highest BCUT2D eigenvalue weighted by Gasteiger charge is 2.22. The van der Waals surface area contributed by atoms with E-state index < -0.39 is 5.97 Å². The topological polar surface area (TPSA) is 71.5 Å². The van der Waals surface area contributed by atoms with Crippen LogP contribution in [0.4, 0.5) is 10.5 Å². The summed E-state index contributed by atoms with van der Waals surface area (Å²) in [6.45, 7) is 1.19. The second-order valence-corrected chi connectivity index (χ2v) is 4.98. The molecule has 1 aliphatic heterocycles. The summed E-state index contributed by atoms with van der Waals surface area (Å²) in [7, 11) is 1.30. The molecule has 6 nitrogen and oxygen atoms in total. The predicted octanol–water partition coefficient (Wildman–Crippen LogP) is 2.42. The molecular weight excluding hydrogens is 282 g/mol. The Balaban J connectivity index is 1.64. The Kier molecular flexibility index (Phi) is 3.74. The first-order chi connectivity index (χ1) is 10.7. The van der Waals surface area contributed by atoms with E-state index >= 15 is 0 Å². The van der Waals surface area contributed by atoms with Crippen LogP contribution in [0, 0.1) is 0 Å². The van der Waals surface area contributed by atoms with Gasteiger partial charge in [-0.25, -0.2) is 14.6 Å². The van der Waals surface area contributed by atoms with Gasteiger partial charge in [-0.1, -0.05) is 24.3 Å². The van der Waals surface area contributed by atoms with Crippen molar-refractivity contribution in [1.29, 1.82) is 0 Å². The zero-order valence-electron chi connectivity index (χ0n) is 12.1. The van der Waals surface area contributed by atoms with Crippen LogP contribution in [0.5, 0.6) is 0 Å². The van der Waals surface area contributed by atoms with Crippen molar-refractivity contribution in [2.24, 2.45) is 0 Å². The van der Waals surface area contributed by atoms with E-state index in [4.69, 9.17) is 0 Å². The molecule has 1 N–H and O–H groups in total. The average Bonchev–Trinajstić information content (AvgIpc) is 2.99. The molecule has 0 bridgehead atoms. The third kappa shape index (κ3) is 2.76. The summed E-state index contributed by atoms with van der Waals surface area (Å²) in [5, 5.41) is 2.78. The SMILES string of the molecule is COC(=O)c1ccc(NC(=O)N2Cc3ccccc3C2)cn1. The number of urea groups is 1. The van der Waals surface area contributed by atoms with Crippen LogP contribution in [0.2, 0.25) is 0 Å². The van der Waals surface area contributed by atoms with Crippen LogP contribution >= 0.6 is 0 Å². The fraction of sp³-hybridized carbons (Fsp3) is 0.188. The fourth-order valence-corrected chi connectivity index (χ4v) is 2.37. The zero-order valence-corrected chi connectivity index (χ0v) is 12.1. The van der Waals surface area contributed by atoms with Gasteiger partial charge in [0.2, 0.25) is 0 Å². The number of hydrogen-bond acceptors (Lipinski definition) is 4. The Bertz CT molecular complexity index is 688. The summed E-state index contributed by atoms with van der Waals surface area (Å²) < 4.78 is 4.58. The Hall–Kier alpha value is -2.89. The van der Waals surface area contributed by atoms with Crippen LogP contribution in [0.25, 0.3) is 0 Å². The Labute approximate surface area is 127 Å². The number of carbonyl (C=O) groups is 2. The minimum Gasteiger partial charge on any atom is -0.464 e. The van der Waals surface area contributed by atoms with Crippen LogP contribution < -0.4 is 5.32 Å². The lowest BCUT2D eigenvalue weighted by molar-refractivity contribution is 0.0594. The lowest BCUT2D eigenvalue weighted by Crippen LogP contribution is -2.30. The molecule has 0 saturated heterocycles. The van der Waals surface area contributed by atoms with Gasteiger partial charge in [0.25, 0.3) is 0 Å². The molecule has 1 aromatic heterocycles. The van der Waals surface area contributed by atoms with E-state index in [1.165, 1.54) is 19.4 Å². The number of methoxy groups -OCH3 is 1. The lowest BCUT2D eigenvalue weighted by Gasteiger charge is -2.16. The van der Waals surface area contributed by atoms with E-state index in [1.54, 1.807) is 11.0 Å². The molecule has 0 radical (unpaired) electrons. The van der Waals surface area contributed by atoms with E-state index in [0.717, 1.165) is 11.1 Å². The third-order valence-electron chi connectivity index (χ3n) is 3.54. The van der Waals surface area contributed by atoms with E-state index in [-0.39, 0.29) is 11.7 Å². The smallest absolute Gasteiger partial charge is 0.356 e. The van der Waals surface area contributed by atoms with E-state index in [9.17, 15) is 9.59 Å². The van der Waals surface area contributed by atoms with Crippen molar-refractivity contribution in [2.75, 3.05) is 12.4 Å². The van der Waals surface area contributed by atoms with Gasteiger partial charge in [-0.15, -0.1) is 0 Å². The molecule has 0 spiro atoms. The zero-order chi connectivity index (χ0) is 15.5. The number of amides is 2. The number of fused-ring (bicyclic) bond motifs is 1. The fourth-order valence-electron chi connectivity index (χ4n) is 2.37. The standard InChI is InChI=1S/C16H15N3O3/c1-22-15(20)14-7-6-13(8-17-14)18-16(21)19-9-11-4-2-3-5-12(11)10-19/h2-8H,9-10H2,1H3,(H,18,21). The van der Waals surface area contributed by atoms with E-state index in [2.05, 4.69) is 15.0 Å². The number of rotatable bonds is 2. The van der Waals surface area contributed by atoms with Gasteiger partial charge in [0.15, 0.2) is 0 Å². The number of nitrogens with zero attached hydrogens (tertiary/aromatic N) is 2. The first-order valence-electron chi connectivity index (χ1n) is 6.84. The van der Waals surface area contributed by atoms with Gasteiger partial charge >= 0.3 is 12.0 Å². The summed E-state index contributed by atoms with van der Waals surface area (Å²) in [5.74, 6) is -0.507. The minimum absolute atomic E-state index is 0.191. The Morgan fingerprint density at radius 2 is 1.82 bits per heavy atom. The molecule has 3 rings (SSSR count). The number of ether oxygens (including phenoxy) is 1. The molecule has 112 valence electrons. The van der Waals surface area contributed by atoms with Gasteiger partial charge in [-0.05, 0) is 23.3 Å². The third-order valence-corrected chi connectivity index (χ3v) is 3.54. The largest absolute Gasteiger partial charge is 0.464 e. The highest BCUT2D eigenvalue weighted by molar-refractivity contribution is 5.91. The molecule has 2 heterocycles. The van der Waals surface area contributed by atoms with Crippen LogP contribution in [-0.2, 0) is 17.8 Å². The normalized spacial score (nSPS) is 12.7. The van der Waals surface area contributed by atoms with Gasteiger partial charge in [0, 0.05) is 13.1 Å². The Morgan fingerprint density at radius 1 is 1.14 bits per heavy atom. The van der Waals surface area contributed by atoms with Crippen molar-refractivity contribution >= 4 is 17.7 Å². The van der Waals surface area contributed by atoms with Gasteiger partial charge in [0.1, 0.15) is 5.69 Å². The molecule has 2 amide bonds. The predicted molar refractivity (Wildman–Crippen MR) is 80.3 cm³/mol. The highest BCUT2D eigenvalue weighted by atomic mass is 16.5. The molecule has 22 heavy (non-hydrogen) atoms. The summed E-state index contributed by atoms with van der Waals surface area (Å²) in [6.07, 6.45) is 1.44. The molecule has 0 aliphatic carbocycles. The van der Waals surface area contributed by atoms with Crippen molar-refractivity contribution in [3.05, 3.63) is 59.4 Å². The van der Waals surface area contributed by atoms with Crippen molar-refractivity contribution in [3.8, 4) is 0 Å². The van der Waals surface area contributed by atoms with Crippen molar-refractivity contribution < 1.29 is 14.3 Å². The molecule has 0 atom stereocenters. The first-order valence-corrected chi connectivity index (χ1v) is 6.84. The van der Waals surface area contributed by atoms with Gasteiger partial charge in [-0.3, -0.25) is 0 Å². The monoisotopic (exact) mass is 297 g/mol. The maximum absolute atomic E-state index is 12.3. The maximum Gasteiger partial charge on any atom is 0.356 e. The van der Waals surface area contributed by atoms with Crippen LogP contribution in [0.15, 0.2) is 42.6 Å². The van der Waals surface area contributed by atoms with Crippen molar-refractivity contribution in [1.82, 2.24) is 9.88 Å². The molecule has 0 unspecified atom stereocenters. The summed E-state index contributed by atoms with van der Waals surface area (Å²) in [4.78, 5) is 29.2. The maximum atomic E-state index is 12.3. The second kappa shape index (κ2) is 5.85. The van der Waals surface area contributed by atoms with Crippen molar-refractivity contribution in [2.45, 2.75) is 13.1 Å². The number of nitrogens with one attached hydrogen (secondary N) is 1. The number of anilines is 1. The van der Waals surface area contributed by atoms with Crippen LogP contribution in [-0.4, -0.2) is 29.0 Å². The molecule has 0 fully saturated rings. The van der Waals surface area contributed by atoms with Crippen LogP contribution in [0.3, 0.4) is 0 Å². The molecular formula is C16H15N3O3. The number of benzene rings is 1. The molecule has 6 heteroatoms. The quantitative estimate of drug-likeness (QED) is 0.864. The summed E-state index contributed by atoms with van der Waals surface area (Å²) in [6, 6.07) is 10.9. The van der Waals surface area contributed by atoms with Crippen LogP contribution in [0.1, 0.15) is 21.6 Å². The van der Waals surface area contributed by atoms with Gasteiger partial charge < -0.3 is 15.0 Å². The molecule has 2 aromatic rings. The lowest BCUT2D eigenvalue weighted by atomic mass is 10.1. The summed E-state index contributed by atoms with van der Waals surface area (Å²) in [5.41, 5.74) is 3.07. The highest BCUT2D eigenvalue weighted by Crippen LogP contribution is 2.22. The average molecular weight is 297 g/mol. The molecule has 1 aromatic carbocycles. The molecule has 1 aliphatic rings. The van der Waals surface area contributed by atoms with E-state index in [0.29, 0.717) is 18.8 Å². The second-order valence-electron chi connectivity index (χ2n) is 4.98. The van der Waals surface area contributed by atoms with Gasteiger partial charge in [-0.2, -0.15) is 0 Å². The van der Waals surface area contributed by atoms with E-state index in [1.807, 2.05) is 24.3 Å². The number of hydrogen-bond donors (Lipinski definition) is 1. The van der Waals surface area contributed by atoms with Crippen molar-refractivity contribution in [3.63, 3.8) is 0 Å². The number of carbonyl (C=O) groups excluding carboxylic acids is 2. The minimum atomic E-state index is -0.507. The number of esters is 1. The Morgan fingerprint density at radius 3 is 2.36 bits per heavy atom. The summed E-state index contributed by atoms with van der Waals surface area (Å²) >= 11 is 0.